The van der Waals surface area contributed by atoms with Crippen molar-refractivity contribution in [1.29, 1.82) is 0 Å². The number of nitrogens with zero attached hydrogens (tertiary/aromatic N) is 3. The molecule has 1 amide bonds. The summed E-state index contributed by atoms with van der Waals surface area (Å²) in [5.41, 5.74) is 1.57. The number of methoxy groups -OCH3 is 1. The summed E-state index contributed by atoms with van der Waals surface area (Å²) in [7, 11) is 1.62. The molecule has 1 saturated heterocycles. The second-order valence-electron chi connectivity index (χ2n) is 5.47. The Labute approximate surface area is 134 Å². The summed E-state index contributed by atoms with van der Waals surface area (Å²) in [6.45, 7) is 3.28. The van der Waals surface area contributed by atoms with Gasteiger partial charge in [-0.2, -0.15) is 5.10 Å². The highest BCUT2D eigenvalue weighted by Gasteiger charge is 2.29. The lowest BCUT2D eigenvalue weighted by molar-refractivity contribution is 0.0786. The van der Waals surface area contributed by atoms with Crippen LogP contribution in [0.15, 0.2) is 30.6 Å². The number of benzene rings is 1. The van der Waals surface area contributed by atoms with Gasteiger partial charge in [-0.25, -0.2) is 0 Å². The summed E-state index contributed by atoms with van der Waals surface area (Å²) < 4.78 is 7.13. The van der Waals surface area contributed by atoms with E-state index >= 15 is 0 Å². The van der Waals surface area contributed by atoms with E-state index in [0.29, 0.717) is 17.1 Å². The lowest BCUT2D eigenvalue weighted by Gasteiger charge is -2.18. The predicted octanol–water partition coefficient (Wildman–Crippen LogP) is 2.94. The number of rotatable bonds is 3. The minimum Gasteiger partial charge on any atom is -0.496 e. The molecule has 1 aromatic heterocycles. The fraction of sp³-hybridized carbons (Fsp3) is 0.375. The summed E-state index contributed by atoms with van der Waals surface area (Å²) in [5, 5.41) is 4.85. The average molecular weight is 320 g/mol. The Morgan fingerprint density at radius 1 is 1.45 bits per heavy atom. The lowest BCUT2D eigenvalue weighted by atomic mass is 10.1. The van der Waals surface area contributed by atoms with Crippen LogP contribution in [-0.4, -0.2) is 40.8 Å². The first-order chi connectivity index (χ1) is 10.6. The van der Waals surface area contributed by atoms with Gasteiger partial charge in [-0.1, -0.05) is 17.7 Å². The van der Waals surface area contributed by atoms with Gasteiger partial charge in [0.25, 0.3) is 5.91 Å². The molecular weight excluding hydrogens is 302 g/mol. The fourth-order valence-electron chi connectivity index (χ4n) is 2.89. The zero-order valence-corrected chi connectivity index (χ0v) is 13.4. The third-order valence-corrected chi connectivity index (χ3v) is 4.32. The molecule has 22 heavy (non-hydrogen) atoms. The van der Waals surface area contributed by atoms with Crippen molar-refractivity contribution in [2.75, 3.05) is 20.2 Å². The van der Waals surface area contributed by atoms with Gasteiger partial charge in [0.1, 0.15) is 5.75 Å². The number of hydrogen-bond donors (Lipinski definition) is 0. The van der Waals surface area contributed by atoms with Gasteiger partial charge in [-0.3, -0.25) is 9.48 Å². The van der Waals surface area contributed by atoms with Crippen LogP contribution in [0.25, 0.3) is 0 Å². The number of aromatic nitrogens is 2. The highest BCUT2D eigenvalue weighted by Crippen LogP contribution is 2.27. The van der Waals surface area contributed by atoms with E-state index in [1.54, 1.807) is 19.5 Å². The first kappa shape index (κ1) is 14.9. The number of hydrogen-bond acceptors (Lipinski definition) is 3. The normalized spacial score (nSPS) is 17.8. The molecule has 3 rings (SSSR count). The molecule has 0 saturated carbocycles. The average Bonchev–Trinajstić information content (AvgIpc) is 3.15. The number of halogens is 1. The summed E-state index contributed by atoms with van der Waals surface area (Å²) in [5.74, 6) is 0.776. The van der Waals surface area contributed by atoms with Crippen molar-refractivity contribution >= 4 is 17.5 Å². The number of carbonyl (C=O) groups is 1. The molecule has 2 heterocycles. The molecule has 0 aliphatic carbocycles. The smallest absolute Gasteiger partial charge is 0.254 e. The minimum atomic E-state index is 0.0390. The van der Waals surface area contributed by atoms with Crippen LogP contribution in [0.2, 0.25) is 5.02 Å². The van der Waals surface area contributed by atoms with E-state index in [9.17, 15) is 4.79 Å². The van der Waals surface area contributed by atoms with E-state index in [2.05, 4.69) is 5.10 Å². The van der Waals surface area contributed by atoms with Crippen LogP contribution in [0.1, 0.15) is 28.4 Å². The van der Waals surface area contributed by atoms with E-state index in [1.165, 1.54) is 0 Å². The molecule has 0 N–H and O–H groups in total. The standard InChI is InChI=1S/C16H18ClN3O2/c1-11-14(4-3-5-15(11)22-2)16(21)19-7-6-13(10-19)20-9-12(17)8-18-20/h3-5,8-9,13H,6-7,10H2,1-2H3. The predicted molar refractivity (Wildman–Crippen MR) is 84.5 cm³/mol. The Kier molecular flexibility index (Phi) is 4.07. The Balaban J connectivity index is 1.77. The fourth-order valence-corrected chi connectivity index (χ4v) is 3.04. The molecule has 1 aliphatic heterocycles. The number of amides is 1. The van der Waals surface area contributed by atoms with Crippen LogP contribution in [0.5, 0.6) is 5.75 Å². The zero-order valence-electron chi connectivity index (χ0n) is 12.6. The van der Waals surface area contributed by atoms with Crippen molar-refractivity contribution in [2.24, 2.45) is 0 Å². The maximum atomic E-state index is 12.7. The first-order valence-electron chi connectivity index (χ1n) is 7.22. The van der Waals surface area contributed by atoms with E-state index in [1.807, 2.05) is 34.7 Å². The molecule has 1 atom stereocenters. The van der Waals surface area contributed by atoms with Gasteiger partial charge >= 0.3 is 0 Å². The largest absolute Gasteiger partial charge is 0.496 e. The second-order valence-corrected chi connectivity index (χ2v) is 5.90. The van der Waals surface area contributed by atoms with Crippen molar-refractivity contribution < 1.29 is 9.53 Å². The van der Waals surface area contributed by atoms with Crippen LogP contribution in [-0.2, 0) is 0 Å². The molecule has 6 heteroatoms. The molecule has 1 aromatic carbocycles. The highest BCUT2D eigenvalue weighted by molar-refractivity contribution is 6.30. The number of ether oxygens (including phenoxy) is 1. The van der Waals surface area contributed by atoms with Crippen molar-refractivity contribution in [3.63, 3.8) is 0 Å². The maximum Gasteiger partial charge on any atom is 0.254 e. The van der Waals surface area contributed by atoms with E-state index < -0.39 is 0 Å². The van der Waals surface area contributed by atoms with Gasteiger partial charge in [0.2, 0.25) is 0 Å². The molecule has 0 radical (unpaired) electrons. The van der Waals surface area contributed by atoms with Gasteiger partial charge in [-0.15, -0.1) is 0 Å². The van der Waals surface area contributed by atoms with Crippen LogP contribution < -0.4 is 4.74 Å². The zero-order chi connectivity index (χ0) is 15.7. The van der Waals surface area contributed by atoms with Crippen molar-refractivity contribution in [1.82, 2.24) is 14.7 Å². The Hall–Kier alpha value is -2.01. The van der Waals surface area contributed by atoms with Gasteiger partial charge in [0.05, 0.1) is 24.4 Å². The lowest BCUT2D eigenvalue weighted by Crippen LogP contribution is -2.29. The highest BCUT2D eigenvalue weighted by atomic mass is 35.5. The quantitative estimate of drug-likeness (QED) is 0.874. The monoisotopic (exact) mass is 319 g/mol. The molecule has 0 spiro atoms. The molecule has 2 aromatic rings. The summed E-state index contributed by atoms with van der Waals surface area (Å²) in [6.07, 6.45) is 4.31. The van der Waals surface area contributed by atoms with Crippen LogP contribution in [0.3, 0.4) is 0 Å². The van der Waals surface area contributed by atoms with Gasteiger partial charge in [0.15, 0.2) is 0 Å². The molecule has 0 bridgehead atoms. The number of likely N-dealkylation sites (tertiary alicyclic amines) is 1. The second kappa shape index (κ2) is 6.01. The third-order valence-electron chi connectivity index (χ3n) is 4.13. The molecule has 5 nitrogen and oxygen atoms in total. The van der Waals surface area contributed by atoms with E-state index in [4.69, 9.17) is 16.3 Å². The molecule has 116 valence electrons. The summed E-state index contributed by atoms with van der Waals surface area (Å²) in [6, 6.07) is 5.74. The van der Waals surface area contributed by atoms with E-state index in [0.717, 1.165) is 24.3 Å². The van der Waals surface area contributed by atoms with Crippen molar-refractivity contribution in [3.8, 4) is 5.75 Å². The van der Waals surface area contributed by atoms with Crippen LogP contribution >= 0.6 is 11.6 Å². The molecule has 1 aliphatic rings. The Bertz CT molecular complexity index is 698. The minimum absolute atomic E-state index is 0.0390. The molecule has 1 unspecified atom stereocenters. The van der Waals surface area contributed by atoms with Crippen molar-refractivity contribution in [2.45, 2.75) is 19.4 Å². The van der Waals surface area contributed by atoms with Gasteiger partial charge in [0, 0.05) is 30.4 Å². The third kappa shape index (κ3) is 2.68. The first-order valence-corrected chi connectivity index (χ1v) is 7.60. The molecule has 1 fully saturated rings. The maximum absolute atomic E-state index is 12.7. The van der Waals surface area contributed by atoms with Crippen molar-refractivity contribution in [3.05, 3.63) is 46.7 Å². The SMILES string of the molecule is COc1cccc(C(=O)N2CCC(n3cc(Cl)cn3)C2)c1C. The molecular formula is C16H18ClN3O2. The summed E-state index contributed by atoms with van der Waals surface area (Å²) >= 11 is 5.91. The number of carbonyl (C=O) groups excluding carboxylic acids is 1. The van der Waals surface area contributed by atoms with Crippen LogP contribution in [0.4, 0.5) is 0 Å². The summed E-state index contributed by atoms with van der Waals surface area (Å²) in [4.78, 5) is 14.6. The van der Waals surface area contributed by atoms with E-state index in [-0.39, 0.29) is 11.9 Å². The van der Waals surface area contributed by atoms with Gasteiger partial charge < -0.3 is 9.64 Å². The van der Waals surface area contributed by atoms with Crippen LogP contribution in [0, 0.1) is 6.92 Å². The topological polar surface area (TPSA) is 47.4 Å². The van der Waals surface area contributed by atoms with Gasteiger partial charge in [-0.05, 0) is 25.5 Å². The Morgan fingerprint density at radius 2 is 2.27 bits per heavy atom. The Morgan fingerprint density at radius 3 is 2.95 bits per heavy atom.